The van der Waals surface area contributed by atoms with E-state index in [2.05, 4.69) is 4.90 Å². The van der Waals surface area contributed by atoms with Crippen molar-refractivity contribution >= 4 is 0 Å². The van der Waals surface area contributed by atoms with Gasteiger partial charge in [-0.2, -0.15) is 0 Å². The number of rotatable bonds is 5. The molecule has 5 nitrogen and oxygen atoms in total. The molecule has 5 heteroatoms. The van der Waals surface area contributed by atoms with Gasteiger partial charge in [-0.25, -0.2) is 0 Å². The summed E-state index contributed by atoms with van der Waals surface area (Å²) in [5.74, 6) is 0.289. The molecule has 0 saturated carbocycles. The number of hydrogen-bond acceptors (Lipinski definition) is 5. The largest absolute Gasteiger partial charge is 0.391 e. The van der Waals surface area contributed by atoms with E-state index in [4.69, 9.17) is 14.2 Å². The van der Waals surface area contributed by atoms with Crippen LogP contribution in [0.3, 0.4) is 0 Å². The molecule has 4 atom stereocenters. The molecule has 2 heterocycles. The molecule has 2 saturated heterocycles. The van der Waals surface area contributed by atoms with Crippen molar-refractivity contribution < 1.29 is 19.3 Å². The summed E-state index contributed by atoms with van der Waals surface area (Å²) in [6, 6.07) is 0. The first-order valence-corrected chi connectivity index (χ1v) is 6.28. The topological polar surface area (TPSA) is 51.2 Å². The van der Waals surface area contributed by atoms with E-state index in [-0.39, 0.29) is 24.2 Å². The molecule has 0 aromatic rings. The second-order valence-electron chi connectivity index (χ2n) is 4.96. The van der Waals surface area contributed by atoms with Crippen LogP contribution in [-0.2, 0) is 14.2 Å². The first-order chi connectivity index (χ1) is 8.24. The Labute approximate surface area is 103 Å². The van der Waals surface area contributed by atoms with Crippen LogP contribution in [0.1, 0.15) is 6.42 Å². The number of methoxy groups -OCH3 is 2. The van der Waals surface area contributed by atoms with E-state index >= 15 is 0 Å². The zero-order valence-corrected chi connectivity index (χ0v) is 10.7. The summed E-state index contributed by atoms with van der Waals surface area (Å²) in [4.78, 5) is 2.21. The summed E-state index contributed by atoms with van der Waals surface area (Å²) in [5, 5.41) is 10.1. The maximum absolute atomic E-state index is 10.1. The number of aliphatic hydroxyl groups is 1. The van der Waals surface area contributed by atoms with Crippen LogP contribution in [-0.4, -0.2) is 75.4 Å². The van der Waals surface area contributed by atoms with Gasteiger partial charge in [-0.1, -0.05) is 0 Å². The average Bonchev–Trinajstić information content (AvgIpc) is 2.97. The second-order valence-corrected chi connectivity index (χ2v) is 4.96. The van der Waals surface area contributed by atoms with E-state index in [1.165, 1.54) is 0 Å². The molecule has 2 aliphatic heterocycles. The minimum Gasteiger partial charge on any atom is -0.391 e. The summed E-state index contributed by atoms with van der Waals surface area (Å²) >= 11 is 0. The van der Waals surface area contributed by atoms with Crippen molar-refractivity contribution in [1.82, 2.24) is 4.90 Å². The lowest BCUT2D eigenvalue weighted by atomic mass is 10.0. The Bertz CT molecular complexity index is 221. The number of hydrogen-bond donors (Lipinski definition) is 1. The predicted octanol–water partition coefficient (Wildman–Crippen LogP) is -0.271. The Hall–Kier alpha value is -0.200. The fourth-order valence-corrected chi connectivity index (χ4v) is 2.69. The first kappa shape index (κ1) is 13.2. The van der Waals surface area contributed by atoms with Crippen LogP contribution >= 0.6 is 0 Å². The highest BCUT2D eigenvalue weighted by Gasteiger charge is 2.35. The molecule has 2 rings (SSSR count). The fraction of sp³-hybridized carbons (Fsp3) is 1.00. The van der Waals surface area contributed by atoms with Gasteiger partial charge in [-0.15, -0.1) is 0 Å². The third-order valence-corrected chi connectivity index (χ3v) is 3.85. The summed E-state index contributed by atoms with van der Waals surface area (Å²) in [7, 11) is 3.42. The van der Waals surface area contributed by atoms with Crippen molar-refractivity contribution in [2.45, 2.75) is 24.7 Å². The monoisotopic (exact) mass is 245 g/mol. The van der Waals surface area contributed by atoms with Gasteiger partial charge in [0.15, 0.2) is 0 Å². The van der Waals surface area contributed by atoms with Gasteiger partial charge in [-0.3, -0.25) is 4.90 Å². The Kier molecular flexibility index (Phi) is 4.76. The summed E-state index contributed by atoms with van der Waals surface area (Å²) in [6.45, 7) is 3.83. The summed E-state index contributed by atoms with van der Waals surface area (Å²) < 4.78 is 16.1. The van der Waals surface area contributed by atoms with Crippen molar-refractivity contribution in [3.63, 3.8) is 0 Å². The lowest BCUT2D eigenvalue weighted by Crippen LogP contribution is -2.36. The molecule has 0 aliphatic carbocycles. The molecule has 4 unspecified atom stereocenters. The van der Waals surface area contributed by atoms with Crippen LogP contribution in [0.5, 0.6) is 0 Å². The zero-order valence-electron chi connectivity index (χ0n) is 10.7. The highest BCUT2D eigenvalue weighted by Crippen LogP contribution is 2.21. The average molecular weight is 245 g/mol. The molecule has 0 bridgehead atoms. The smallest absolute Gasteiger partial charge is 0.0971 e. The third kappa shape index (κ3) is 3.17. The zero-order chi connectivity index (χ0) is 12.3. The quantitative estimate of drug-likeness (QED) is 0.722. The van der Waals surface area contributed by atoms with Gasteiger partial charge >= 0.3 is 0 Å². The minimum absolute atomic E-state index is 0.118. The van der Waals surface area contributed by atoms with Crippen molar-refractivity contribution in [3.05, 3.63) is 0 Å². The maximum Gasteiger partial charge on any atom is 0.0971 e. The second kappa shape index (κ2) is 6.11. The summed E-state index contributed by atoms with van der Waals surface area (Å²) in [5.41, 5.74) is 0. The molecule has 0 radical (unpaired) electrons. The number of likely N-dealkylation sites (tertiary alicyclic amines) is 1. The Balaban J connectivity index is 1.79. The van der Waals surface area contributed by atoms with E-state index in [1.807, 2.05) is 0 Å². The Morgan fingerprint density at radius 3 is 2.41 bits per heavy atom. The highest BCUT2D eigenvalue weighted by molar-refractivity contribution is 4.88. The molecular weight excluding hydrogens is 222 g/mol. The van der Waals surface area contributed by atoms with Crippen molar-refractivity contribution in [2.24, 2.45) is 5.92 Å². The number of ether oxygens (including phenoxy) is 3. The van der Waals surface area contributed by atoms with Gasteiger partial charge in [0.1, 0.15) is 0 Å². The van der Waals surface area contributed by atoms with Crippen molar-refractivity contribution in [3.8, 4) is 0 Å². The van der Waals surface area contributed by atoms with Crippen molar-refractivity contribution in [1.29, 1.82) is 0 Å². The first-order valence-electron chi connectivity index (χ1n) is 6.28. The molecule has 2 aliphatic rings. The minimum atomic E-state index is -0.300. The molecule has 2 fully saturated rings. The van der Waals surface area contributed by atoms with Crippen LogP contribution in [0.15, 0.2) is 0 Å². The number of nitrogens with zero attached hydrogens (tertiary/aromatic N) is 1. The van der Waals surface area contributed by atoms with Crippen LogP contribution in [0.2, 0.25) is 0 Å². The fourth-order valence-electron chi connectivity index (χ4n) is 2.69. The lowest BCUT2D eigenvalue weighted by Gasteiger charge is -2.23. The third-order valence-electron chi connectivity index (χ3n) is 3.85. The number of aliphatic hydroxyl groups excluding tert-OH is 1. The van der Waals surface area contributed by atoms with Crippen LogP contribution in [0.4, 0.5) is 0 Å². The van der Waals surface area contributed by atoms with Gasteiger partial charge in [-0.05, 0) is 6.42 Å². The van der Waals surface area contributed by atoms with Crippen LogP contribution < -0.4 is 0 Å². The Morgan fingerprint density at radius 1 is 1.29 bits per heavy atom. The molecule has 1 N–H and O–H groups in total. The molecule has 0 aromatic heterocycles. The summed E-state index contributed by atoms with van der Waals surface area (Å²) in [6.07, 6.45) is 0.904. The standard InChI is InChI=1S/C12H23NO4/c1-15-11-6-13(7-12(11)16-2)5-10(14)9-3-4-17-8-9/h9-12,14H,3-8H2,1-2H3. The SMILES string of the molecule is COC1CN(CC(O)C2CCOC2)CC1OC. The molecule has 0 spiro atoms. The molecule has 0 amide bonds. The van der Waals surface area contributed by atoms with E-state index in [9.17, 15) is 5.11 Å². The molecule has 0 aromatic carbocycles. The van der Waals surface area contributed by atoms with Crippen molar-refractivity contribution in [2.75, 3.05) is 47.1 Å². The number of β-amino-alcohol motifs (C(OH)–C–C–N with tert-alkyl or cyclic N) is 1. The van der Waals surface area contributed by atoms with Gasteiger partial charge in [0.05, 0.1) is 24.9 Å². The van der Waals surface area contributed by atoms with Crippen LogP contribution in [0, 0.1) is 5.92 Å². The maximum atomic E-state index is 10.1. The predicted molar refractivity (Wildman–Crippen MR) is 63.0 cm³/mol. The molecule has 100 valence electrons. The Morgan fingerprint density at radius 2 is 1.94 bits per heavy atom. The van der Waals surface area contributed by atoms with Gasteiger partial charge < -0.3 is 19.3 Å². The van der Waals surface area contributed by atoms with E-state index in [0.29, 0.717) is 13.2 Å². The van der Waals surface area contributed by atoms with Crippen LogP contribution in [0.25, 0.3) is 0 Å². The lowest BCUT2D eigenvalue weighted by molar-refractivity contribution is -0.00461. The van der Waals surface area contributed by atoms with E-state index < -0.39 is 0 Å². The van der Waals surface area contributed by atoms with Gasteiger partial charge in [0, 0.05) is 46.4 Å². The van der Waals surface area contributed by atoms with Gasteiger partial charge in [0.2, 0.25) is 0 Å². The molecular formula is C12H23NO4. The highest BCUT2D eigenvalue weighted by atomic mass is 16.5. The van der Waals surface area contributed by atoms with Gasteiger partial charge in [0.25, 0.3) is 0 Å². The van der Waals surface area contributed by atoms with E-state index in [0.717, 1.165) is 26.1 Å². The van der Waals surface area contributed by atoms with E-state index in [1.54, 1.807) is 14.2 Å². The molecule has 17 heavy (non-hydrogen) atoms. The normalized spacial score (nSPS) is 36.5.